The van der Waals surface area contributed by atoms with Gasteiger partial charge in [-0.05, 0) is 74.1 Å². The molecule has 3 unspecified atom stereocenters. The molecule has 2 aliphatic rings. The van der Waals surface area contributed by atoms with Crippen molar-refractivity contribution in [3.8, 4) is 0 Å². The van der Waals surface area contributed by atoms with Crippen molar-refractivity contribution in [3.63, 3.8) is 0 Å². The first kappa shape index (κ1) is 15.3. The summed E-state index contributed by atoms with van der Waals surface area (Å²) in [4.78, 5) is 0. The zero-order valence-electron chi connectivity index (χ0n) is 12.7. The number of nitrogens with one attached hydrogen (secondary N) is 1. The maximum atomic E-state index is 13.3. The number of benzene rings is 1. The fourth-order valence-corrected chi connectivity index (χ4v) is 3.86. The number of rotatable bonds is 5. The van der Waals surface area contributed by atoms with Gasteiger partial charge in [-0.1, -0.05) is 31.0 Å². The molecular formula is C18H25ClFN. The van der Waals surface area contributed by atoms with Crippen molar-refractivity contribution in [2.45, 2.75) is 51.5 Å². The van der Waals surface area contributed by atoms with E-state index in [-0.39, 0.29) is 10.8 Å². The Hall–Kier alpha value is -0.600. The third-order valence-electron chi connectivity index (χ3n) is 5.13. The van der Waals surface area contributed by atoms with Crippen LogP contribution in [0, 0.1) is 23.6 Å². The van der Waals surface area contributed by atoms with Crippen molar-refractivity contribution in [1.29, 1.82) is 0 Å². The molecule has 0 saturated heterocycles. The molecule has 0 amide bonds. The highest BCUT2D eigenvalue weighted by Gasteiger charge is 2.30. The van der Waals surface area contributed by atoms with E-state index in [1.165, 1.54) is 43.7 Å². The average molecular weight is 310 g/mol. The standard InChI is InChI=1S/C18H25ClFN/c1-12-2-4-14(11-21-16-5-6-16)15(8-12)9-13-3-7-18(20)17(19)10-13/h3,7,10,12,14-16,21H,2,4-6,8-9,11H2,1H3. The fourth-order valence-electron chi connectivity index (χ4n) is 3.66. The summed E-state index contributed by atoms with van der Waals surface area (Å²) in [6.45, 7) is 3.51. The van der Waals surface area contributed by atoms with Gasteiger partial charge in [-0.25, -0.2) is 4.39 Å². The van der Waals surface area contributed by atoms with Crippen LogP contribution in [0.15, 0.2) is 18.2 Å². The van der Waals surface area contributed by atoms with Gasteiger partial charge in [0.05, 0.1) is 5.02 Å². The van der Waals surface area contributed by atoms with Gasteiger partial charge < -0.3 is 5.32 Å². The van der Waals surface area contributed by atoms with Crippen LogP contribution in [0.5, 0.6) is 0 Å². The average Bonchev–Trinajstić information content (AvgIpc) is 3.26. The van der Waals surface area contributed by atoms with Crippen molar-refractivity contribution >= 4 is 11.6 Å². The van der Waals surface area contributed by atoms with E-state index in [0.717, 1.165) is 30.8 Å². The van der Waals surface area contributed by atoms with Crippen molar-refractivity contribution < 1.29 is 4.39 Å². The van der Waals surface area contributed by atoms with Crippen LogP contribution in [0.4, 0.5) is 4.39 Å². The highest BCUT2D eigenvalue weighted by molar-refractivity contribution is 6.30. The van der Waals surface area contributed by atoms with E-state index < -0.39 is 0 Å². The summed E-state index contributed by atoms with van der Waals surface area (Å²) in [7, 11) is 0. The number of halogens is 2. The lowest BCUT2D eigenvalue weighted by atomic mass is 9.72. The molecule has 0 spiro atoms. The molecule has 2 fully saturated rings. The van der Waals surface area contributed by atoms with Crippen molar-refractivity contribution in [3.05, 3.63) is 34.6 Å². The Bertz CT molecular complexity index is 486. The van der Waals surface area contributed by atoms with Crippen LogP contribution in [0.3, 0.4) is 0 Å². The van der Waals surface area contributed by atoms with E-state index in [1.54, 1.807) is 0 Å². The van der Waals surface area contributed by atoms with Crippen LogP contribution in [-0.2, 0) is 6.42 Å². The van der Waals surface area contributed by atoms with Gasteiger partial charge in [0.15, 0.2) is 0 Å². The van der Waals surface area contributed by atoms with E-state index in [4.69, 9.17) is 11.6 Å². The highest BCUT2D eigenvalue weighted by Crippen LogP contribution is 2.36. The Kier molecular flexibility index (Phi) is 4.85. The second kappa shape index (κ2) is 6.66. The van der Waals surface area contributed by atoms with Gasteiger partial charge in [0.25, 0.3) is 0 Å². The van der Waals surface area contributed by atoms with Crippen LogP contribution in [-0.4, -0.2) is 12.6 Å². The lowest BCUT2D eigenvalue weighted by Gasteiger charge is -2.35. The van der Waals surface area contributed by atoms with E-state index in [9.17, 15) is 4.39 Å². The predicted octanol–water partition coefficient (Wildman–Crippen LogP) is 4.83. The van der Waals surface area contributed by atoms with E-state index in [0.29, 0.717) is 5.92 Å². The molecule has 2 aliphatic carbocycles. The van der Waals surface area contributed by atoms with Gasteiger partial charge in [0.2, 0.25) is 0 Å². The molecule has 1 aromatic rings. The summed E-state index contributed by atoms with van der Waals surface area (Å²) in [5.41, 5.74) is 1.18. The van der Waals surface area contributed by atoms with Crippen LogP contribution < -0.4 is 5.32 Å². The maximum Gasteiger partial charge on any atom is 0.141 e. The molecule has 21 heavy (non-hydrogen) atoms. The summed E-state index contributed by atoms with van der Waals surface area (Å²) in [5, 5.41) is 3.95. The minimum absolute atomic E-state index is 0.254. The minimum atomic E-state index is -0.315. The summed E-state index contributed by atoms with van der Waals surface area (Å²) >= 11 is 5.92. The first-order chi connectivity index (χ1) is 10.1. The summed E-state index contributed by atoms with van der Waals surface area (Å²) in [5.74, 6) is 1.94. The molecule has 1 aromatic carbocycles. The Balaban J connectivity index is 1.64. The van der Waals surface area contributed by atoms with Gasteiger partial charge in [-0.15, -0.1) is 0 Å². The Morgan fingerprint density at radius 1 is 1.19 bits per heavy atom. The van der Waals surface area contributed by atoms with Crippen molar-refractivity contribution in [2.24, 2.45) is 17.8 Å². The highest BCUT2D eigenvalue weighted by atomic mass is 35.5. The largest absolute Gasteiger partial charge is 0.314 e. The predicted molar refractivity (Wildman–Crippen MR) is 86.1 cm³/mol. The zero-order valence-corrected chi connectivity index (χ0v) is 13.5. The maximum absolute atomic E-state index is 13.3. The second-order valence-corrected chi connectivity index (χ2v) is 7.48. The van der Waals surface area contributed by atoms with Gasteiger partial charge in [-0.2, -0.15) is 0 Å². The normalized spacial score (nSPS) is 29.6. The van der Waals surface area contributed by atoms with Gasteiger partial charge >= 0.3 is 0 Å². The molecule has 3 atom stereocenters. The third kappa shape index (κ3) is 4.20. The molecule has 1 N–H and O–H groups in total. The van der Waals surface area contributed by atoms with Gasteiger partial charge in [0.1, 0.15) is 5.82 Å². The Labute approximate surface area is 132 Å². The monoisotopic (exact) mass is 309 g/mol. The van der Waals surface area contributed by atoms with E-state index in [1.807, 2.05) is 12.1 Å². The first-order valence-electron chi connectivity index (χ1n) is 8.29. The van der Waals surface area contributed by atoms with Crippen LogP contribution in [0.25, 0.3) is 0 Å². The quantitative estimate of drug-likeness (QED) is 0.821. The van der Waals surface area contributed by atoms with Crippen LogP contribution in [0.2, 0.25) is 5.02 Å². The topological polar surface area (TPSA) is 12.0 Å². The smallest absolute Gasteiger partial charge is 0.141 e. The molecule has 2 saturated carbocycles. The second-order valence-electron chi connectivity index (χ2n) is 7.07. The molecule has 0 radical (unpaired) electrons. The minimum Gasteiger partial charge on any atom is -0.314 e. The molecule has 3 rings (SSSR count). The van der Waals surface area contributed by atoms with E-state index in [2.05, 4.69) is 12.2 Å². The Morgan fingerprint density at radius 3 is 2.71 bits per heavy atom. The molecular weight excluding hydrogens is 285 g/mol. The van der Waals surface area contributed by atoms with Crippen LogP contribution in [0.1, 0.15) is 44.6 Å². The lowest BCUT2D eigenvalue weighted by Crippen LogP contribution is -2.34. The van der Waals surface area contributed by atoms with Crippen molar-refractivity contribution in [2.75, 3.05) is 6.54 Å². The molecule has 1 nitrogen and oxygen atoms in total. The molecule has 0 aliphatic heterocycles. The Morgan fingerprint density at radius 2 is 2.00 bits per heavy atom. The summed E-state index contributed by atoms with van der Waals surface area (Å²) in [6.07, 6.45) is 7.67. The van der Waals surface area contributed by atoms with Crippen molar-refractivity contribution in [1.82, 2.24) is 5.32 Å². The molecule has 116 valence electrons. The van der Waals surface area contributed by atoms with Gasteiger partial charge in [0, 0.05) is 6.04 Å². The number of hydrogen-bond donors (Lipinski definition) is 1. The molecule has 0 bridgehead atoms. The first-order valence-corrected chi connectivity index (χ1v) is 8.67. The van der Waals surface area contributed by atoms with Crippen LogP contribution >= 0.6 is 11.6 Å². The summed E-state index contributed by atoms with van der Waals surface area (Å²) in [6, 6.07) is 5.99. The molecule has 0 aromatic heterocycles. The fraction of sp³-hybridized carbons (Fsp3) is 0.667. The lowest BCUT2D eigenvalue weighted by molar-refractivity contribution is 0.183. The molecule has 3 heteroatoms. The van der Waals surface area contributed by atoms with E-state index >= 15 is 0 Å². The summed E-state index contributed by atoms with van der Waals surface area (Å²) < 4.78 is 13.3. The molecule has 0 heterocycles. The van der Waals surface area contributed by atoms with Gasteiger partial charge in [-0.3, -0.25) is 0 Å². The third-order valence-corrected chi connectivity index (χ3v) is 5.42. The number of hydrogen-bond acceptors (Lipinski definition) is 1. The zero-order chi connectivity index (χ0) is 14.8. The SMILES string of the molecule is CC1CCC(CNC2CC2)C(Cc2ccc(F)c(Cl)c2)C1.